The molecule has 2 unspecified atom stereocenters. The molecule has 3 saturated heterocycles. The first-order valence-corrected chi connectivity index (χ1v) is 20.5. The molecule has 4 aliphatic rings. The van der Waals surface area contributed by atoms with Crippen LogP contribution >= 0.6 is 11.6 Å². The standard InChI is InChI=1S/C44H45ClF2N8O5/c1-24-35-33(20-30(46)38(45)37(35)36-28(41(48)57)12-13-32(59-3)39(36)47)60-44(24,25-8-5-4-6-9-25)23-49-26-14-17-53(18-15-26)27-21-54(22-27)31-11-7-10-29-40(31)52(2)51-42(29)55-19-16-34(56)50-43(55)58/h4-13,20,24,26-27,49H,14-19,21-23H2,1-3H3,(H2,48,57)(H,50,56,58). The van der Waals surface area contributed by atoms with Crippen LogP contribution in [0.15, 0.2) is 66.7 Å². The zero-order chi connectivity index (χ0) is 42.0. The number of aryl methyl sites for hydroxylation is 1. The highest BCUT2D eigenvalue weighted by Gasteiger charge is 2.50. The monoisotopic (exact) mass is 838 g/mol. The molecular formula is C44H45ClF2N8O5. The summed E-state index contributed by atoms with van der Waals surface area (Å²) in [6.07, 6.45) is 2.02. The van der Waals surface area contributed by atoms with Crippen molar-refractivity contribution >= 4 is 51.9 Å². The number of urea groups is 1. The van der Waals surface area contributed by atoms with Crippen molar-refractivity contribution in [3.63, 3.8) is 0 Å². The van der Waals surface area contributed by atoms with Crippen LogP contribution in [-0.4, -0.2) is 91.0 Å². The van der Waals surface area contributed by atoms with E-state index >= 15 is 8.78 Å². The number of ether oxygens (including phenoxy) is 2. The summed E-state index contributed by atoms with van der Waals surface area (Å²) >= 11 is 6.69. The second-order valence-electron chi connectivity index (χ2n) is 16.0. The summed E-state index contributed by atoms with van der Waals surface area (Å²) in [6.45, 7) is 6.08. The topological polar surface area (TPSA) is 147 Å². The Balaban J connectivity index is 0.909. The summed E-state index contributed by atoms with van der Waals surface area (Å²) in [6, 6.07) is 19.7. The van der Waals surface area contributed by atoms with Gasteiger partial charge in [-0.25, -0.2) is 13.6 Å². The van der Waals surface area contributed by atoms with Crippen LogP contribution in [0, 0.1) is 11.6 Å². The second kappa shape index (κ2) is 15.4. The summed E-state index contributed by atoms with van der Waals surface area (Å²) in [5.41, 5.74) is 7.63. The fourth-order valence-electron chi connectivity index (χ4n) is 9.54. The van der Waals surface area contributed by atoms with Crippen molar-refractivity contribution in [3.8, 4) is 22.6 Å². The van der Waals surface area contributed by atoms with E-state index < -0.39 is 35.1 Å². The van der Waals surface area contributed by atoms with Gasteiger partial charge in [0.2, 0.25) is 11.8 Å². The van der Waals surface area contributed by atoms with E-state index in [-0.39, 0.29) is 58.1 Å². The maximum Gasteiger partial charge on any atom is 0.329 e. The van der Waals surface area contributed by atoms with Gasteiger partial charge in [0.25, 0.3) is 0 Å². The third-order valence-corrected chi connectivity index (χ3v) is 13.2. The lowest BCUT2D eigenvalue weighted by atomic mass is 9.77. The number of rotatable bonds is 10. The first kappa shape index (κ1) is 39.7. The lowest BCUT2D eigenvalue weighted by molar-refractivity contribution is -0.120. The van der Waals surface area contributed by atoms with Gasteiger partial charge in [0, 0.05) is 98.9 Å². The third-order valence-electron chi connectivity index (χ3n) is 12.8. The number of fused-ring (bicyclic) bond motifs is 2. The number of methoxy groups -OCH3 is 1. The second-order valence-corrected chi connectivity index (χ2v) is 16.4. The molecule has 2 atom stereocenters. The summed E-state index contributed by atoms with van der Waals surface area (Å²) in [5.74, 6) is -2.75. The van der Waals surface area contributed by atoms with E-state index in [1.165, 1.54) is 30.2 Å². The Morgan fingerprint density at radius 1 is 1.05 bits per heavy atom. The summed E-state index contributed by atoms with van der Waals surface area (Å²) in [5, 5.41) is 11.4. The fraction of sp³-hybridized carbons (Fsp3) is 0.364. The number of amides is 4. The number of likely N-dealkylation sites (tertiary alicyclic amines) is 1. The van der Waals surface area contributed by atoms with Gasteiger partial charge < -0.3 is 25.4 Å². The molecule has 9 rings (SSSR count). The number of halogens is 3. The first-order chi connectivity index (χ1) is 28.9. The Morgan fingerprint density at radius 2 is 1.80 bits per heavy atom. The Kier molecular flexibility index (Phi) is 10.2. The Morgan fingerprint density at radius 3 is 2.50 bits per heavy atom. The molecule has 312 valence electrons. The molecule has 4 N–H and O–H groups in total. The molecule has 0 bridgehead atoms. The number of carbonyl (C=O) groups is 3. The van der Waals surface area contributed by atoms with E-state index in [1.807, 2.05) is 61.1 Å². The van der Waals surface area contributed by atoms with Gasteiger partial charge in [-0.15, -0.1) is 0 Å². The van der Waals surface area contributed by atoms with Gasteiger partial charge in [-0.3, -0.25) is 29.4 Å². The van der Waals surface area contributed by atoms with Crippen LogP contribution in [0.2, 0.25) is 5.02 Å². The molecule has 60 heavy (non-hydrogen) atoms. The molecule has 0 spiro atoms. The number of piperidine rings is 1. The summed E-state index contributed by atoms with van der Waals surface area (Å²) in [4.78, 5) is 43.5. The van der Waals surface area contributed by atoms with Crippen molar-refractivity contribution in [2.45, 2.75) is 49.8 Å². The molecule has 3 fully saturated rings. The molecule has 4 amide bonds. The highest BCUT2D eigenvalue weighted by atomic mass is 35.5. The molecule has 5 aromatic rings. The number of anilines is 2. The van der Waals surface area contributed by atoms with Gasteiger partial charge >= 0.3 is 6.03 Å². The fourth-order valence-corrected chi connectivity index (χ4v) is 9.80. The van der Waals surface area contributed by atoms with Crippen LogP contribution in [-0.2, 0) is 17.4 Å². The van der Waals surface area contributed by atoms with Gasteiger partial charge in [-0.1, -0.05) is 54.9 Å². The molecule has 0 radical (unpaired) electrons. The number of carbonyl (C=O) groups excluding carboxylic acids is 3. The average Bonchev–Trinajstić information content (AvgIpc) is 3.71. The van der Waals surface area contributed by atoms with Gasteiger partial charge in [0.05, 0.1) is 28.9 Å². The largest absolute Gasteiger partial charge is 0.494 e. The Bertz CT molecular complexity index is 2540. The molecule has 5 heterocycles. The number of nitrogens with one attached hydrogen (secondary N) is 2. The number of primary amides is 1. The number of imide groups is 1. The zero-order valence-electron chi connectivity index (χ0n) is 33.4. The van der Waals surface area contributed by atoms with Crippen LogP contribution < -0.4 is 35.6 Å². The molecular weight excluding hydrogens is 794 g/mol. The number of hydrogen-bond donors (Lipinski definition) is 3. The van der Waals surface area contributed by atoms with E-state index in [4.69, 9.17) is 31.9 Å². The molecule has 16 heteroatoms. The first-order valence-electron chi connectivity index (χ1n) is 20.1. The normalized spacial score (nSPS) is 21.2. The number of benzene rings is 4. The average molecular weight is 839 g/mol. The molecule has 13 nitrogen and oxygen atoms in total. The van der Waals surface area contributed by atoms with Crippen LogP contribution in [0.4, 0.5) is 25.1 Å². The molecule has 0 aliphatic carbocycles. The minimum Gasteiger partial charge on any atom is -0.494 e. The van der Waals surface area contributed by atoms with Crippen molar-refractivity contribution in [2.75, 3.05) is 56.2 Å². The van der Waals surface area contributed by atoms with Gasteiger partial charge in [-0.2, -0.15) is 5.10 Å². The maximum atomic E-state index is 16.2. The van der Waals surface area contributed by atoms with Gasteiger partial charge in [-0.05, 0) is 42.7 Å². The van der Waals surface area contributed by atoms with Crippen molar-refractivity contribution in [1.82, 2.24) is 25.3 Å². The summed E-state index contributed by atoms with van der Waals surface area (Å²) in [7, 11) is 3.18. The zero-order valence-corrected chi connectivity index (χ0v) is 34.2. The van der Waals surface area contributed by atoms with Crippen molar-refractivity contribution in [1.29, 1.82) is 0 Å². The highest BCUT2D eigenvalue weighted by Crippen LogP contribution is 2.56. The number of aromatic nitrogens is 2. The van der Waals surface area contributed by atoms with E-state index in [0.717, 1.165) is 61.2 Å². The number of hydrogen-bond acceptors (Lipinski definition) is 9. The van der Waals surface area contributed by atoms with E-state index in [9.17, 15) is 14.4 Å². The molecule has 1 aromatic heterocycles. The van der Waals surface area contributed by atoms with Gasteiger partial charge in [0.15, 0.2) is 23.0 Å². The number of nitrogens with two attached hydrogens (primary N) is 1. The smallest absolute Gasteiger partial charge is 0.329 e. The van der Waals surface area contributed by atoms with Gasteiger partial charge in [0.1, 0.15) is 11.6 Å². The predicted octanol–water partition coefficient (Wildman–Crippen LogP) is 6.06. The van der Waals surface area contributed by atoms with Crippen LogP contribution in [0.1, 0.15) is 53.6 Å². The minimum atomic E-state index is -1.04. The van der Waals surface area contributed by atoms with Crippen molar-refractivity contribution < 1.29 is 32.6 Å². The number of nitrogens with zero attached hydrogens (tertiary/aromatic N) is 5. The maximum absolute atomic E-state index is 16.2. The van der Waals surface area contributed by atoms with E-state index in [0.29, 0.717) is 24.0 Å². The minimum absolute atomic E-state index is 0.0113. The quantitative estimate of drug-likeness (QED) is 0.153. The van der Waals surface area contributed by atoms with Crippen LogP contribution in [0.3, 0.4) is 0 Å². The molecule has 0 saturated carbocycles. The molecule has 4 aliphatic heterocycles. The highest BCUT2D eigenvalue weighted by molar-refractivity contribution is 6.34. The third kappa shape index (κ3) is 6.50. The predicted molar refractivity (Wildman–Crippen MR) is 224 cm³/mol. The van der Waals surface area contributed by atoms with E-state index in [1.54, 1.807) is 0 Å². The Labute approximate surface area is 350 Å². The van der Waals surface area contributed by atoms with Crippen LogP contribution in [0.25, 0.3) is 22.0 Å². The van der Waals surface area contributed by atoms with Crippen molar-refractivity contribution in [2.24, 2.45) is 12.8 Å². The van der Waals surface area contributed by atoms with Crippen LogP contribution in [0.5, 0.6) is 11.5 Å². The Hall–Kier alpha value is -5.77. The van der Waals surface area contributed by atoms with E-state index in [2.05, 4.69) is 26.5 Å². The summed E-state index contributed by atoms with van der Waals surface area (Å²) < 4.78 is 45.8. The van der Waals surface area contributed by atoms with Crippen molar-refractivity contribution in [3.05, 3.63) is 100 Å². The lowest BCUT2D eigenvalue weighted by Crippen LogP contribution is -2.62. The number of para-hydroxylation sites is 1. The lowest BCUT2D eigenvalue weighted by Gasteiger charge is -2.49. The molecule has 4 aromatic carbocycles. The SMILES string of the molecule is COc1ccc(C(N)=O)c(-c2c(Cl)c(F)cc3c2C(C)C(CNC2CCN(C4CN(c5cccc6c(N7CCC(=O)NC7=O)nn(C)c56)C4)CC2)(c2ccccc2)O3)c1F.